The second-order valence-electron chi connectivity index (χ2n) is 6.44. The van der Waals surface area contributed by atoms with Gasteiger partial charge in [-0.15, -0.1) is 10.2 Å². The van der Waals surface area contributed by atoms with Crippen LogP contribution >= 0.6 is 11.3 Å². The van der Waals surface area contributed by atoms with Gasteiger partial charge in [0.1, 0.15) is 10.8 Å². The first kappa shape index (κ1) is 17.3. The van der Waals surface area contributed by atoms with Crippen LogP contribution in [-0.2, 0) is 11.2 Å². The monoisotopic (exact) mass is 336 g/mol. The Bertz CT molecular complexity index is 663. The molecule has 2 rings (SSSR count). The molecule has 0 aliphatic carbocycles. The fraction of sp³-hybridized carbons (Fsp3) is 0.438. The Balaban J connectivity index is 1.95. The zero-order valence-electron chi connectivity index (χ0n) is 13.8. The van der Waals surface area contributed by atoms with E-state index in [0.29, 0.717) is 11.6 Å². The summed E-state index contributed by atoms with van der Waals surface area (Å²) in [4.78, 5) is 13.7. The average molecular weight is 336 g/mol. The van der Waals surface area contributed by atoms with Crippen molar-refractivity contribution in [1.29, 1.82) is 0 Å². The lowest BCUT2D eigenvalue weighted by Gasteiger charge is -2.22. The predicted molar refractivity (Wildman–Crippen MR) is 90.3 cm³/mol. The van der Waals surface area contributed by atoms with Gasteiger partial charge in [0, 0.05) is 19.0 Å². The fourth-order valence-corrected chi connectivity index (χ4v) is 2.82. The number of aromatic nitrogens is 2. The van der Waals surface area contributed by atoms with Crippen molar-refractivity contribution >= 4 is 22.4 Å². The van der Waals surface area contributed by atoms with Crippen LogP contribution in [0.4, 0.5) is 9.52 Å². The number of rotatable bonds is 5. The van der Waals surface area contributed by atoms with E-state index in [9.17, 15) is 9.18 Å². The maximum atomic E-state index is 12.9. The van der Waals surface area contributed by atoms with Crippen LogP contribution < -0.4 is 10.2 Å². The van der Waals surface area contributed by atoms with Crippen molar-refractivity contribution in [2.75, 3.05) is 18.5 Å². The molecule has 23 heavy (non-hydrogen) atoms. The maximum absolute atomic E-state index is 12.9. The molecular formula is C16H21FN4OS. The van der Waals surface area contributed by atoms with Gasteiger partial charge in [0.05, 0.1) is 6.54 Å². The van der Waals surface area contributed by atoms with E-state index in [1.807, 2.05) is 27.8 Å². The average Bonchev–Trinajstić information content (AvgIpc) is 2.88. The first-order valence-corrected chi connectivity index (χ1v) is 8.13. The number of carbonyl (C=O) groups excluding carboxylic acids is 1. The van der Waals surface area contributed by atoms with Crippen LogP contribution in [0.15, 0.2) is 24.3 Å². The highest BCUT2D eigenvalue weighted by molar-refractivity contribution is 7.15. The van der Waals surface area contributed by atoms with Crippen molar-refractivity contribution in [3.63, 3.8) is 0 Å². The number of halogens is 1. The lowest BCUT2D eigenvalue weighted by molar-refractivity contribution is -0.121. The Labute approximate surface area is 139 Å². The summed E-state index contributed by atoms with van der Waals surface area (Å²) in [6.45, 7) is 6.05. The van der Waals surface area contributed by atoms with E-state index in [2.05, 4.69) is 15.5 Å². The minimum Gasteiger partial charge on any atom is -0.350 e. The summed E-state index contributed by atoms with van der Waals surface area (Å²) < 4.78 is 12.9. The molecule has 0 saturated carbocycles. The van der Waals surface area contributed by atoms with Gasteiger partial charge in [-0.2, -0.15) is 0 Å². The molecule has 0 unspecified atom stereocenters. The molecule has 1 amide bonds. The first-order valence-electron chi connectivity index (χ1n) is 7.32. The SMILES string of the molecule is CN(CC(=O)NC(C)(C)C)c1nnc(Cc2ccc(F)cc2)s1. The second kappa shape index (κ2) is 7.04. The largest absolute Gasteiger partial charge is 0.350 e. The van der Waals surface area contributed by atoms with Crippen molar-refractivity contribution in [2.24, 2.45) is 0 Å². The van der Waals surface area contributed by atoms with Gasteiger partial charge in [0.2, 0.25) is 11.0 Å². The highest BCUT2D eigenvalue weighted by atomic mass is 32.1. The molecule has 2 aromatic rings. The molecule has 1 heterocycles. The number of nitrogens with zero attached hydrogens (tertiary/aromatic N) is 3. The molecule has 7 heteroatoms. The van der Waals surface area contributed by atoms with Crippen LogP contribution in [0.25, 0.3) is 0 Å². The van der Waals surface area contributed by atoms with Crippen LogP contribution in [0.5, 0.6) is 0 Å². The van der Waals surface area contributed by atoms with E-state index in [1.54, 1.807) is 17.0 Å². The van der Waals surface area contributed by atoms with E-state index in [-0.39, 0.29) is 23.8 Å². The summed E-state index contributed by atoms with van der Waals surface area (Å²) in [7, 11) is 1.81. The molecule has 0 atom stereocenters. The van der Waals surface area contributed by atoms with Gasteiger partial charge >= 0.3 is 0 Å². The molecule has 0 radical (unpaired) electrons. The van der Waals surface area contributed by atoms with Crippen molar-refractivity contribution in [1.82, 2.24) is 15.5 Å². The number of nitrogens with one attached hydrogen (secondary N) is 1. The van der Waals surface area contributed by atoms with Crippen molar-refractivity contribution in [3.05, 3.63) is 40.7 Å². The third-order valence-electron chi connectivity index (χ3n) is 2.95. The molecule has 0 fully saturated rings. The standard InChI is InChI=1S/C16H21FN4OS/c1-16(2,3)18-13(22)10-21(4)15-20-19-14(23-15)9-11-5-7-12(17)8-6-11/h5-8H,9-10H2,1-4H3,(H,18,22). The molecule has 0 aliphatic heterocycles. The molecule has 1 aromatic carbocycles. The van der Waals surface area contributed by atoms with Crippen molar-refractivity contribution in [3.8, 4) is 0 Å². The van der Waals surface area contributed by atoms with E-state index in [4.69, 9.17) is 0 Å². The summed E-state index contributed by atoms with van der Waals surface area (Å²) in [5.41, 5.74) is 0.717. The van der Waals surface area contributed by atoms with Gasteiger partial charge in [-0.3, -0.25) is 4.79 Å². The van der Waals surface area contributed by atoms with Gasteiger partial charge < -0.3 is 10.2 Å². The molecule has 0 bridgehead atoms. The number of likely N-dealkylation sites (N-methyl/N-ethyl adjacent to an activating group) is 1. The van der Waals surface area contributed by atoms with Gasteiger partial charge in [-0.05, 0) is 38.5 Å². The molecule has 5 nitrogen and oxygen atoms in total. The van der Waals surface area contributed by atoms with E-state index < -0.39 is 0 Å². The highest BCUT2D eigenvalue weighted by Crippen LogP contribution is 2.21. The number of amides is 1. The van der Waals surface area contributed by atoms with Crippen LogP contribution in [0, 0.1) is 5.82 Å². The highest BCUT2D eigenvalue weighted by Gasteiger charge is 2.17. The fourth-order valence-electron chi connectivity index (χ4n) is 1.99. The van der Waals surface area contributed by atoms with Crippen LogP contribution in [0.3, 0.4) is 0 Å². The second-order valence-corrected chi connectivity index (χ2v) is 7.48. The molecule has 0 saturated heterocycles. The molecule has 1 N–H and O–H groups in total. The Morgan fingerprint density at radius 3 is 2.52 bits per heavy atom. The number of hydrogen-bond acceptors (Lipinski definition) is 5. The van der Waals surface area contributed by atoms with Crippen molar-refractivity contribution in [2.45, 2.75) is 32.7 Å². The van der Waals surface area contributed by atoms with Gasteiger partial charge in [0.25, 0.3) is 0 Å². The van der Waals surface area contributed by atoms with Gasteiger partial charge in [-0.25, -0.2) is 4.39 Å². The first-order chi connectivity index (χ1) is 10.7. The summed E-state index contributed by atoms with van der Waals surface area (Å²) in [5.74, 6) is -0.313. The third-order valence-corrected chi connectivity index (χ3v) is 3.98. The van der Waals surface area contributed by atoms with Crippen molar-refractivity contribution < 1.29 is 9.18 Å². The summed E-state index contributed by atoms with van der Waals surface area (Å²) in [6.07, 6.45) is 0.597. The minimum absolute atomic E-state index is 0.0599. The van der Waals surface area contributed by atoms with E-state index >= 15 is 0 Å². The summed E-state index contributed by atoms with van der Waals surface area (Å²) in [6, 6.07) is 6.33. The lowest BCUT2D eigenvalue weighted by atomic mass is 10.1. The van der Waals surface area contributed by atoms with E-state index in [1.165, 1.54) is 23.5 Å². The quantitative estimate of drug-likeness (QED) is 0.912. The molecule has 0 aliphatic rings. The summed E-state index contributed by atoms with van der Waals surface area (Å²) in [5, 5.41) is 12.7. The predicted octanol–water partition coefficient (Wildman–Crippen LogP) is 2.62. The van der Waals surface area contributed by atoms with Gasteiger partial charge in [-0.1, -0.05) is 23.5 Å². The van der Waals surface area contributed by atoms with Crippen LogP contribution in [-0.4, -0.2) is 35.2 Å². The van der Waals surface area contributed by atoms with Crippen LogP contribution in [0.1, 0.15) is 31.3 Å². The number of benzene rings is 1. The number of carbonyl (C=O) groups is 1. The molecular weight excluding hydrogens is 315 g/mol. The Hall–Kier alpha value is -2.02. The molecule has 1 aromatic heterocycles. The Morgan fingerprint density at radius 1 is 1.26 bits per heavy atom. The van der Waals surface area contributed by atoms with Gasteiger partial charge in [0.15, 0.2) is 0 Å². The molecule has 0 spiro atoms. The lowest BCUT2D eigenvalue weighted by Crippen LogP contribution is -2.45. The Morgan fingerprint density at radius 2 is 1.91 bits per heavy atom. The third kappa shape index (κ3) is 5.59. The number of anilines is 1. The zero-order chi connectivity index (χ0) is 17.0. The van der Waals surface area contributed by atoms with E-state index in [0.717, 1.165) is 10.6 Å². The maximum Gasteiger partial charge on any atom is 0.239 e. The Kier molecular flexibility index (Phi) is 5.30. The topological polar surface area (TPSA) is 58.1 Å². The smallest absolute Gasteiger partial charge is 0.239 e. The summed E-state index contributed by atoms with van der Waals surface area (Å²) >= 11 is 1.43. The minimum atomic E-state index is -0.257. The molecule has 124 valence electrons. The number of hydrogen-bond donors (Lipinski definition) is 1. The normalized spacial score (nSPS) is 11.3. The van der Waals surface area contributed by atoms with Crippen LogP contribution in [0.2, 0.25) is 0 Å². The zero-order valence-corrected chi connectivity index (χ0v) is 14.6.